The SMILES string of the molecule is CC(C)C[C@@H](C(=O)NC(C)(C)C)N(C(=O)Cn1nnc(-c2ccc(F)cc2)n1)c1cnc2ccccc2c1. The van der Waals surface area contributed by atoms with Crippen molar-refractivity contribution in [3.05, 3.63) is 66.6 Å². The van der Waals surface area contributed by atoms with Gasteiger partial charge in [0.05, 0.1) is 17.4 Å². The summed E-state index contributed by atoms with van der Waals surface area (Å²) in [5, 5.41) is 16.2. The molecule has 0 aliphatic heterocycles. The highest BCUT2D eigenvalue weighted by molar-refractivity contribution is 6.01. The maximum absolute atomic E-state index is 13.9. The average molecular weight is 518 g/mol. The van der Waals surface area contributed by atoms with Gasteiger partial charge in [0, 0.05) is 16.5 Å². The molecular weight excluding hydrogens is 485 g/mol. The van der Waals surface area contributed by atoms with E-state index in [0.717, 1.165) is 10.9 Å². The van der Waals surface area contributed by atoms with Crippen LogP contribution in [-0.4, -0.2) is 48.6 Å². The summed E-state index contributed by atoms with van der Waals surface area (Å²) in [5.41, 5.74) is 1.37. The van der Waals surface area contributed by atoms with Crippen LogP contribution in [0.3, 0.4) is 0 Å². The Labute approximate surface area is 221 Å². The molecule has 0 unspecified atom stereocenters. The highest BCUT2D eigenvalue weighted by atomic mass is 19.1. The Bertz CT molecular complexity index is 1430. The van der Waals surface area contributed by atoms with E-state index in [2.05, 4.69) is 25.7 Å². The van der Waals surface area contributed by atoms with Crippen molar-refractivity contribution in [1.82, 2.24) is 30.5 Å². The summed E-state index contributed by atoms with van der Waals surface area (Å²) in [7, 11) is 0. The summed E-state index contributed by atoms with van der Waals surface area (Å²) in [6, 6.07) is 14.4. The van der Waals surface area contributed by atoms with Crippen LogP contribution in [0.1, 0.15) is 41.0 Å². The van der Waals surface area contributed by atoms with Crippen molar-refractivity contribution in [3.63, 3.8) is 0 Å². The van der Waals surface area contributed by atoms with Gasteiger partial charge in [0.15, 0.2) is 0 Å². The number of anilines is 1. The number of hydrogen-bond acceptors (Lipinski definition) is 6. The smallest absolute Gasteiger partial charge is 0.251 e. The van der Waals surface area contributed by atoms with Crippen LogP contribution in [-0.2, 0) is 16.1 Å². The molecular formula is C28H32FN7O2. The number of hydrogen-bond donors (Lipinski definition) is 1. The number of nitrogens with zero attached hydrogens (tertiary/aromatic N) is 6. The maximum atomic E-state index is 13.9. The van der Waals surface area contributed by atoms with E-state index >= 15 is 0 Å². The summed E-state index contributed by atoms with van der Waals surface area (Å²) >= 11 is 0. The third-order valence-electron chi connectivity index (χ3n) is 5.76. The quantitative estimate of drug-likeness (QED) is 0.372. The molecule has 0 saturated heterocycles. The van der Waals surface area contributed by atoms with E-state index in [-0.39, 0.29) is 35.9 Å². The normalized spacial score (nSPS) is 12.5. The summed E-state index contributed by atoms with van der Waals surface area (Å²) in [6.45, 7) is 9.46. The summed E-state index contributed by atoms with van der Waals surface area (Å²) in [4.78, 5) is 34.6. The topological polar surface area (TPSA) is 106 Å². The van der Waals surface area contributed by atoms with Gasteiger partial charge >= 0.3 is 0 Å². The van der Waals surface area contributed by atoms with Crippen molar-refractivity contribution in [1.29, 1.82) is 0 Å². The number of rotatable bonds is 8. The number of nitrogens with one attached hydrogen (secondary N) is 1. The molecule has 2 aromatic carbocycles. The predicted octanol–water partition coefficient (Wildman–Crippen LogP) is 4.39. The Morgan fingerprint density at radius 1 is 1.08 bits per heavy atom. The van der Waals surface area contributed by atoms with E-state index < -0.39 is 11.6 Å². The van der Waals surface area contributed by atoms with Crippen LogP contribution in [0.4, 0.5) is 10.1 Å². The molecule has 10 heteroatoms. The zero-order valence-electron chi connectivity index (χ0n) is 22.2. The van der Waals surface area contributed by atoms with E-state index in [0.29, 0.717) is 17.7 Å². The van der Waals surface area contributed by atoms with Crippen molar-refractivity contribution in [2.75, 3.05) is 4.90 Å². The summed E-state index contributed by atoms with van der Waals surface area (Å²) in [6.07, 6.45) is 2.04. The Morgan fingerprint density at radius 3 is 2.47 bits per heavy atom. The van der Waals surface area contributed by atoms with Crippen LogP contribution < -0.4 is 10.2 Å². The molecule has 2 heterocycles. The largest absolute Gasteiger partial charge is 0.350 e. The van der Waals surface area contributed by atoms with E-state index in [1.54, 1.807) is 18.3 Å². The van der Waals surface area contributed by atoms with Crippen LogP contribution in [0.2, 0.25) is 0 Å². The maximum Gasteiger partial charge on any atom is 0.251 e. The van der Waals surface area contributed by atoms with Gasteiger partial charge in [-0.3, -0.25) is 19.5 Å². The number of carbonyl (C=O) groups excluding carboxylic acids is 2. The fourth-order valence-corrected chi connectivity index (χ4v) is 4.14. The molecule has 0 bridgehead atoms. The molecule has 2 amide bonds. The molecule has 0 fully saturated rings. The molecule has 9 nitrogen and oxygen atoms in total. The molecule has 1 atom stereocenters. The Balaban J connectivity index is 1.71. The fraction of sp³-hybridized carbons (Fsp3) is 0.357. The molecule has 0 spiro atoms. The van der Waals surface area contributed by atoms with E-state index in [1.807, 2.05) is 65.0 Å². The van der Waals surface area contributed by atoms with Crippen molar-refractivity contribution in [2.24, 2.45) is 5.92 Å². The third kappa shape index (κ3) is 6.56. The first-order valence-corrected chi connectivity index (χ1v) is 12.5. The third-order valence-corrected chi connectivity index (χ3v) is 5.76. The Kier molecular flexibility index (Phi) is 7.80. The zero-order chi connectivity index (χ0) is 27.4. The van der Waals surface area contributed by atoms with Crippen molar-refractivity contribution < 1.29 is 14.0 Å². The number of halogens is 1. The van der Waals surface area contributed by atoms with Gasteiger partial charge in [-0.15, -0.1) is 10.2 Å². The lowest BCUT2D eigenvalue weighted by Gasteiger charge is -2.34. The van der Waals surface area contributed by atoms with Crippen molar-refractivity contribution in [2.45, 2.75) is 59.2 Å². The average Bonchev–Trinajstić information content (AvgIpc) is 3.31. The molecule has 4 aromatic rings. The molecule has 0 radical (unpaired) electrons. The first kappa shape index (κ1) is 26.8. The monoisotopic (exact) mass is 517 g/mol. The second-order valence-electron chi connectivity index (χ2n) is 10.7. The number of fused-ring (bicyclic) bond motifs is 1. The van der Waals surface area contributed by atoms with Gasteiger partial charge < -0.3 is 5.32 Å². The lowest BCUT2D eigenvalue weighted by atomic mass is 9.99. The van der Waals surface area contributed by atoms with Gasteiger partial charge in [-0.1, -0.05) is 32.0 Å². The standard InChI is InChI=1S/C28H32FN7O2/c1-18(2)14-24(27(38)31-28(3,4)5)36(22-15-20-8-6-7-9-23(20)30-16-22)25(37)17-35-33-26(32-34-35)19-10-12-21(29)13-11-19/h6-13,15-16,18,24H,14,17H2,1-5H3,(H,31,38)/t24-/m0/s1. The summed E-state index contributed by atoms with van der Waals surface area (Å²) < 4.78 is 13.3. The minimum absolute atomic E-state index is 0.129. The number of para-hydroxylation sites is 1. The molecule has 198 valence electrons. The van der Waals surface area contributed by atoms with Crippen LogP contribution in [0.15, 0.2) is 60.8 Å². The summed E-state index contributed by atoms with van der Waals surface area (Å²) in [5.74, 6) is -0.628. The van der Waals surface area contributed by atoms with E-state index in [4.69, 9.17) is 0 Å². The van der Waals surface area contributed by atoms with Crippen LogP contribution in [0.5, 0.6) is 0 Å². The van der Waals surface area contributed by atoms with Crippen LogP contribution in [0.25, 0.3) is 22.3 Å². The molecule has 0 aliphatic carbocycles. The first-order chi connectivity index (χ1) is 18.0. The van der Waals surface area contributed by atoms with Crippen molar-refractivity contribution >= 4 is 28.4 Å². The molecule has 0 aliphatic rings. The molecule has 4 rings (SSSR count). The number of pyridine rings is 1. The number of aromatic nitrogens is 5. The van der Waals surface area contributed by atoms with Gasteiger partial charge in [-0.25, -0.2) is 4.39 Å². The predicted molar refractivity (Wildman–Crippen MR) is 144 cm³/mol. The number of carbonyl (C=O) groups is 2. The van der Waals surface area contributed by atoms with Crippen LogP contribution >= 0.6 is 0 Å². The molecule has 2 aromatic heterocycles. The highest BCUT2D eigenvalue weighted by Crippen LogP contribution is 2.26. The minimum Gasteiger partial charge on any atom is -0.350 e. The van der Waals surface area contributed by atoms with Gasteiger partial charge in [-0.2, -0.15) is 4.80 Å². The fourth-order valence-electron chi connectivity index (χ4n) is 4.14. The number of amides is 2. The minimum atomic E-state index is -0.787. The van der Waals surface area contributed by atoms with Gasteiger partial charge in [0.1, 0.15) is 18.4 Å². The molecule has 38 heavy (non-hydrogen) atoms. The van der Waals surface area contributed by atoms with Gasteiger partial charge in [-0.05, 0) is 74.7 Å². The lowest BCUT2D eigenvalue weighted by molar-refractivity contribution is -0.128. The Morgan fingerprint density at radius 2 is 1.79 bits per heavy atom. The number of benzene rings is 2. The van der Waals surface area contributed by atoms with Crippen LogP contribution in [0, 0.1) is 11.7 Å². The molecule has 1 N–H and O–H groups in total. The highest BCUT2D eigenvalue weighted by Gasteiger charge is 2.34. The molecule has 0 saturated carbocycles. The second-order valence-corrected chi connectivity index (χ2v) is 10.7. The van der Waals surface area contributed by atoms with Gasteiger partial charge in [0.25, 0.3) is 5.91 Å². The first-order valence-electron chi connectivity index (χ1n) is 12.5. The lowest BCUT2D eigenvalue weighted by Crippen LogP contribution is -2.55. The number of tetrazole rings is 1. The Hall–Kier alpha value is -4.21. The van der Waals surface area contributed by atoms with E-state index in [9.17, 15) is 14.0 Å². The van der Waals surface area contributed by atoms with E-state index in [1.165, 1.54) is 21.8 Å². The van der Waals surface area contributed by atoms with Crippen molar-refractivity contribution in [3.8, 4) is 11.4 Å². The van der Waals surface area contributed by atoms with Gasteiger partial charge in [0.2, 0.25) is 11.7 Å². The zero-order valence-corrected chi connectivity index (χ0v) is 22.2. The second kappa shape index (κ2) is 11.0.